The lowest BCUT2D eigenvalue weighted by molar-refractivity contribution is 0.166. The highest BCUT2D eigenvalue weighted by molar-refractivity contribution is 5.32. The second kappa shape index (κ2) is 5.82. The third kappa shape index (κ3) is 3.18. The molecule has 0 aliphatic rings. The van der Waals surface area contributed by atoms with E-state index in [1.165, 1.54) is 13.2 Å². The molecular formula is C12H18FNO2. The summed E-state index contributed by atoms with van der Waals surface area (Å²) in [6, 6.07) is 5.00. The number of nitrogens with one attached hydrogen (secondary N) is 1. The van der Waals surface area contributed by atoms with E-state index in [2.05, 4.69) is 5.32 Å². The smallest absolute Gasteiger partial charge is 0.170 e. The van der Waals surface area contributed by atoms with Crippen LogP contribution < -0.4 is 10.1 Å². The molecule has 0 saturated heterocycles. The fourth-order valence-corrected chi connectivity index (χ4v) is 1.40. The summed E-state index contributed by atoms with van der Waals surface area (Å²) in [5.41, 5.74) is 0.257. The zero-order valence-corrected chi connectivity index (χ0v) is 9.83. The van der Waals surface area contributed by atoms with Crippen LogP contribution in [0.4, 0.5) is 4.39 Å². The van der Waals surface area contributed by atoms with Gasteiger partial charge in [-0.2, -0.15) is 0 Å². The highest BCUT2D eigenvalue weighted by Gasteiger charge is 2.15. The first-order chi connectivity index (χ1) is 7.56. The van der Waals surface area contributed by atoms with Crippen LogP contribution in [0.3, 0.4) is 0 Å². The highest BCUT2D eigenvalue weighted by atomic mass is 19.1. The average Bonchev–Trinajstić information content (AvgIpc) is 2.26. The minimum absolute atomic E-state index is 0.154. The molecule has 1 rings (SSSR count). The molecule has 0 bridgehead atoms. The van der Waals surface area contributed by atoms with Crippen molar-refractivity contribution in [3.63, 3.8) is 0 Å². The SMILES string of the molecule is COc1cccc(C(O)CNC(C)C)c1F. The first-order valence-electron chi connectivity index (χ1n) is 5.30. The molecule has 3 nitrogen and oxygen atoms in total. The van der Waals surface area contributed by atoms with E-state index >= 15 is 0 Å². The Kier molecular flexibility index (Phi) is 4.71. The van der Waals surface area contributed by atoms with Gasteiger partial charge in [-0.05, 0) is 6.07 Å². The van der Waals surface area contributed by atoms with E-state index in [1.54, 1.807) is 12.1 Å². The molecule has 4 heteroatoms. The topological polar surface area (TPSA) is 41.5 Å². The van der Waals surface area contributed by atoms with Crippen molar-refractivity contribution in [1.82, 2.24) is 5.32 Å². The summed E-state index contributed by atoms with van der Waals surface area (Å²) in [4.78, 5) is 0. The van der Waals surface area contributed by atoms with E-state index in [9.17, 15) is 9.50 Å². The Morgan fingerprint density at radius 2 is 2.12 bits per heavy atom. The molecule has 0 fully saturated rings. The fraction of sp³-hybridized carbons (Fsp3) is 0.500. The number of aliphatic hydroxyl groups excluding tert-OH is 1. The molecule has 0 radical (unpaired) electrons. The molecule has 90 valence electrons. The number of hydrogen-bond acceptors (Lipinski definition) is 3. The summed E-state index contributed by atoms with van der Waals surface area (Å²) in [6.07, 6.45) is -0.863. The highest BCUT2D eigenvalue weighted by Crippen LogP contribution is 2.24. The number of halogens is 1. The normalized spacial score (nSPS) is 12.9. The Bertz CT molecular complexity index is 342. The van der Waals surface area contributed by atoms with Crippen LogP contribution in [0.15, 0.2) is 18.2 Å². The first kappa shape index (κ1) is 12.9. The van der Waals surface area contributed by atoms with Gasteiger partial charge >= 0.3 is 0 Å². The number of aliphatic hydroxyl groups is 1. The van der Waals surface area contributed by atoms with Gasteiger partial charge in [-0.25, -0.2) is 4.39 Å². The van der Waals surface area contributed by atoms with Crippen molar-refractivity contribution in [1.29, 1.82) is 0 Å². The zero-order valence-electron chi connectivity index (χ0n) is 9.83. The molecule has 0 saturated carbocycles. The van der Waals surface area contributed by atoms with Crippen LogP contribution in [-0.4, -0.2) is 24.8 Å². The number of benzene rings is 1. The Hall–Kier alpha value is -1.13. The fourth-order valence-electron chi connectivity index (χ4n) is 1.40. The molecular weight excluding hydrogens is 209 g/mol. The number of rotatable bonds is 5. The second-order valence-corrected chi connectivity index (χ2v) is 3.94. The summed E-state index contributed by atoms with van der Waals surface area (Å²) in [5.74, 6) is -0.343. The Morgan fingerprint density at radius 3 is 2.69 bits per heavy atom. The second-order valence-electron chi connectivity index (χ2n) is 3.94. The van der Waals surface area contributed by atoms with Crippen LogP contribution in [0.5, 0.6) is 5.75 Å². The third-order valence-electron chi connectivity index (χ3n) is 2.29. The van der Waals surface area contributed by atoms with Crippen LogP contribution in [-0.2, 0) is 0 Å². The largest absolute Gasteiger partial charge is 0.494 e. The van der Waals surface area contributed by atoms with Gasteiger partial charge < -0.3 is 15.2 Å². The summed E-state index contributed by atoms with van der Waals surface area (Å²) >= 11 is 0. The van der Waals surface area contributed by atoms with E-state index in [1.807, 2.05) is 13.8 Å². The van der Waals surface area contributed by atoms with Gasteiger partial charge in [0.05, 0.1) is 13.2 Å². The predicted molar refractivity (Wildman–Crippen MR) is 61.1 cm³/mol. The predicted octanol–water partition coefficient (Wildman–Crippen LogP) is 1.87. The van der Waals surface area contributed by atoms with E-state index in [-0.39, 0.29) is 17.4 Å². The van der Waals surface area contributed by atoms with E-state index in [4.69, 9.17) is 4.74 Å². The molecule has 0 aromatic heterocycles. The van der Waals surface area contributed by atoms with Crippen molar-refractivity contribution < 1.29 is 14.2 Å². The van der Waals surface area contributed by atoms with Crippen molar-refractivity contribution in [2.24, 2.45) is 0 Å². The van der Waals surface area contributed by atoms with Gasteiger partial charge in [0.1, 0.15) is 0 Å². The van der Waals surface area contributed by atoms with Crippen molar-refractivity contribution in [3.8, 4) is 5.75 Å². The third-order valence-corrected chi connectivity index (χ3v) is 2.29. The lowest BCUT2D eigenvalue weighted by atomic mass is 10.1. The van der Waals surface area contributed by atoms with E-state index in [0.29, 0.717) is 6.54 Å². The summed E-state index contributed by atoms with van der Waals surface area (Å²) in [6.45, 7) is 4.26. The molecule has 0 aliphatic carbocycles. The lowest BCUT2D eigenvalue weighted by Crippen LogP contribution is -2.28. The molecule has 16 heavy (non-hydrogen) atoms. The number of hydrogen-bond donors (Lipinski definition) is 2. The van der Waals surface area contributed by atoms with Gasteiger partial charge in [-0.3, -0.25) is 0 Å². The minimum atomic E-state index is -0.863. The van der Waals surface area contributed by atoms with Crippen molar-refractivity contribution in [3.05, 3.63) is 29.6 Å². The van der Waals surface area contributed by atoms with Crippen LogP contribution >= 0.6 is 0 Å². The molecule has 1 aromatic rings. The van der Waals surface area contributed by atoms with Crippen molar-refractivity contribution in [2.75, 3.05) is 13.7 Å². The van der Waals surface area contributed by atoms with E-state index < -0.39 is 11.9 Å². The average molecular weight is 227 g/mol. The van der Waals surface area contributed by atoms with Gasteiger partial charge in [0, 0.05) is 18.2 Å². The first-order valence-corrected chi connectivity index (χ1v) is 5.30. The quantitative estimate of drug-likeness (QED) is 0.806. The number of methoxy groups -OCH3 is 1. The molecule has 1 aromatic carbocycles. The molecule has 2 N–H and O–H groups in total. The van der Waals surface area contributed by atoms with Crippen molar-refractivity contribution >= 4 is 0 Å². The molecule has 1 unspecified atom stereocenters. The molecule has 1 atom stereocenters. The lowest BCUT2D eigenvalue weighted by Gasteiger charge is -2.16. The Labute approximate surface area is 95.2 Å². The molecule has 0 aliphatic heterocycles. The van der Waals surface area contributed by atoms with Gasteiger partial charge in [-0.15, -0.1) is 0 Å². The summed E-state index contributed by atoms with van der Waals surface area (Å²) in [7, 11) is 1.40. The minimum Gasteiger partial charge on any atom is -0.494 e. The Balaban J connectivity index is 2.78. The van der Waals surface area contributed by atoms with Crippen molar-refractivity contribution in [2.45, 2.75) is 26.0 Å². The maximum atomic E-state index is 13.7. The molecule has 0 heterocycles. The summed E-state index contributed by atoms with van der Waals surface area (Å²) < 4.78 is 18.6. The molecule has 0 amide bonds. The van der Waals surface area contributed by atoms with Gasteiger partial charge in [0.2, 0.25) is 0 Å². The Morgan fingerprint density at radius 1 is 1.44 bits per heavy atom. The van der Waals surface area contributed by atoms with Crippen LogP contribution in [0.25, 0.3) is 0 Å². The van der Waals surface area contributed by atoms with Crippen LogP contribution in [0, 0.1) is 5.82 Å². The molecule has 0 spiro atoms. The summed E-state index contributed by atoms with van der Waals surface area (Å²) in [5, 5.41) is 12.9. The monoisotopic (exact) mass is 227 g/mol. The van der Waals surface area contributed by atoms with Crippen LogP contribution in [0.2, 0.25) is 0 Å². The van der Waals surface area contributed by atoms with Gasteiger partial charge in [0.15, 0.2) is 11.6 Å². The number of ether oxygens (including phenoxy) is 1. The van der Waals surface area contributed by atoms with Gasteiger partial charge in [0.25, 0.3) is 0 Å². The van der Waals surface area contributed by atoms with E-state index in [0.717, 1.165) is 0 Å². The standard InChI is InChI=1S/C12H18FNO2/c1-8(2)14-7-10(15)9-5-4-6-11(16-3)12(9)13/h4-6,8,10,14-15H,7H2,1-3H3. The van der Waals surface area contributed by atoms with Crippen LogP contribution in [0.1, 0.15) is 25.5 Å². The zero-order chi connectivity index (χ0) is 12.1. The maximum absolute atomic E-state index is 13.7. The maximum Gasteiger partial charge on any atom is 0.170 e. The van der Waals surface area contributed by atoms with Gasteiger partial charge in [-0.1, -0.05) is 26.0 Å².